The van der Waals surface area contributed by atoms with Crippen molar-refractivity contribution in [3.63, 3.8) is 0 Å². The largest absolute Gasteiger partial charge is 0.344 e. The van der Waals surface area contributed by atoms with Crippen molar-refractivity contribution in [1.82, 2.24) is 20.0 Å². The van der Waals surface area contributed by atoms with E-state index in [2.05, 4.69) is 10.2 Å². The van der Waals surface area contributed by atoms with E-state index in [1.807, 2.05) is 0 Å². The molecule has 2 amide bonds. The zero-order valence-electron chi connectivity index (χ0n) is 10.1. The maximum absolute atomic E-state index is 12.2. The second-order valence-electron chi connectivity index (χ2n) is 4.30. The van der Waals surface area contributed by atoms with Crippen molar-refractivity contribution in [2.75, 3.05) is 26.7 Å². The summed E-state index contributed by atoms with van der Waals surface area (Å²) in [4.78, 5) is 27.1. The van der Waals surface area contributed by atoms with Gasteiger partial charge in [-0.15, -0.1) is 0 Å². The molecule has 0 saturated carbocycles. The third kappa shape index (κ3) is 2.30. The van der Waals surface area contributed by atoms with Crippen LogP contribution in [0.3, 0.4) is 0 Å². The minimum absolute atomic E-state index is 0.0167. The predicted octanol–water partition coefficient (Wildman–Crippen LogP) is 0.0224. The number of likely N-dealkylation sites (N-methyl/N-ethyl adjacent to an activating group) is 1. The first-order chi connectivity index (χ1) is 8.09. The van der Waals surface area contributed by atoms with E-state index in [1.54, 1.807) is 23.8 Å². The number of carbonyl (C=O) groups excluding carboxylic acids is 2. The molecule has 1 aromatic rings. The Labute approximate surface area is 99.6 Å². The summed E-state index contributed by atoms with van der Waals surface area (Å²) in [6, 6.07) is 0. The first-order valence-corrected chi connectivity index (χ1v) is 5.63. The van der Waals surface area contributed by atoms with Crippen molar-refractivity contribution < 1.29 is 9.59 Å². The zero-order chi connectivity index (χ0) is 12.4. The molecule has 1 aliphatic heterocycles. The lowest BCUT2D eigenvalue weighted by Crippen LogP contribution is -2.38. The van der Waals surface area contributed by atoms with Gasteiger partial charge >= 0.3 is 0 Å². The van der Waals surface area contributed by atoms with E-state index in [0.717, 1.165) is 12.1 Å². The molecule has 6 nitrogen and oxygen atoms in total. The predicted molar refractivity (Wildman–Crippen MR) is 61.5 cm³/mol. The van der Waals surface area contributed by atoms with Crippen LogP contribution in [0.25, 0.3) is 0 Å². The lowest BCUT2D eigenvalue weighted by Gasteiger charge is -2.19. The SMILES string of the molecule is Cc1[nH]ncc1C(=O)N1CCCN(C)C(=O)C1. The van der Waals surface area contributed by atoms with Crippen molar-refractivity contribution in [2.24, 2.45) is 0 Å². The number of nitrogens with one attached hydrogen (secondary N) is 1. The number of rotatable bonds is 1. The fraction of sp³-hybridized carbons (Fsp3) is 0.545. The molecule has 0 aromatic carbocycles. The van der Waals surface area contributed by atoms with Gasteiger partial charge in [0.05, 0.1) is 11.8 Å². The van der Waals surface area contributed by atoms with Crippen molar-refractivity contribution in [1.29, 1.82) is 0 Å². The molecule has 1 fully saturated rings. The van der Waals surface area contributed by atoms with E-state index in [1.165, 1.54) is 6.20 Å². The standard InChI is InChI=1S/C11H16N4O2/c1-8-9(6-12-13-8)11(17)15-5-3-4-14(2)10(16)7-15/h6H,3-5,7H2,1-2H3,(H,12,13). The monoisotopic (exact) mass is 236 g/mol. The van der Waals surface area contributed by atoms with Crippen LogP contribution >= 0.6 is 0 Å². The van der Waals surface area contributed by atoms with Crippen LogP contribution in [0.15, 0.2) is 6.20 Å². The van der Waals surface area contributed by atoms with E-state index in [4.69, 9.17) is 0 Å². The average Bonchev–Trinajstić information content (AvgIpc) is 2.65. The summed E-state index contributed by atoms with van der Waals surface area (Å²) < 4.78 is 0. The van der Waals surface area contributed by atoms with E-state index in [9.17, 15) is 9.59 Å². The molecule has 0 unspecified atom stereocenters. The van der Waals surface area contributed by atoms with Gasteiger partial charge in [0.2, 0.25) is 5.91 Å². The fourth-order valence-corrected chi connectivity index (χ4v) is 1.90. The van der Waals surface area contributed by atoms with Crippen LogP contribution in [0.2, 0.25) is 0 Å². The summed E-state index contributed by atoms with van der Waals surface area (Å²) >= 11 is 0. The molecule has 17 heavy (non-hydrogen) atoms. The molecule has 2 heterocycles. The summed E-state index contributed by atoms with van der Waals surface area (Å²) in [5, 5.41) is 6.56. The number of H-pyrrole nitrogens is 1. The maximum atomic E-state index is 12.2. The molecule has 6 heteroatoms. The highest BCUT2D eigenvalue weighted by Crippen LogP contribution is 2.10. The fourth-order valence-electron chi connectivity index (χ4n) is 1.90. The smallest absolute Gasteiger partial charge is 0.257 e. The third-order valence-electron chi connectivity index (χ3n) is 3.02. The van der Waals surface area contributed by atoms with Crippen molar-refractivity contribution in [3.05, 3.63) is 17.5 Å². The number of aromatic amines is 1. The number of amides is 2. The van der Waals surface area contributed by atoms with Crippen molar-refractivity contribution in [3.8, 4) is 0 Å². The molecule has 92 valence electrons. The number of aryl methyl sites for hydroxylation is 1. The van der Waals surface area contributed by atoms with Gasteiger partial charge in [-0.3, -0.25) is 14.7 Å². The molecule has 0 radical (unpaired) electrons. The molecule has 1 saturated heterocycles. The van der Waals surface area contributed by atoms with Gasteiger partial charge in [-0.25, -0.2) is 0 Å². The van der Waals surface area contributed by atoms with Crippen LogP contribution in [-0.2, 0) is 4.79 Å². The Balaban J connectivity index is 2.15. The Bertz CT molecular complexity index is 440. The molecule has 0 bridgehead atoms. The summed E-state index contributed by atoms with van der Waals surface area (Å²) in [6.07, 6.45) is 2.32. The van der Waals surface area contributed by atoms with Gasteiger partial charge in [0.1, 0.15) is 6.54 Å². The van der Waals surface area contributed by atoms with Gasteiger partial charge in [0, 0.05) is 25.8 Å². The maximum Gasteiger partial charge on any atom is 0.257 e. The minimum Gasteiger partial charge on any atom is -0.344 e. The van der Waals surface area contributed by atoms with E-state index in [0.29, 0.717) is 18.7 Å². The number of carbonyl (C=O) groups is 2. The second kappa shape index (κ2) is 4.57. The molecular formula is C11H16N4O2. The molecule has 2 rings (SSSR count). The van der Waals surface area contributed by atoms with E-state index >= 15 is 0 Å². The first-order valence-electron chi connectivity index (χ1n) is 5.63. The number of nitrogens with zero attached hydrogens (tertiary/aromatic N) is 3. The number of hydrogen-bond acceptors (Lipinski definition) is 3. The van der Waals surface area contributed by atoms with Crippen molar-refractivity contribution >= 4 is 11.8 Å². The second-order valence-corrected chi connectivity index (χ2v) is 4.30. The summed E-state index contributed by atoms with van der Waals surface area (Å²) in [7, 11) is 1.76. The quantitative estimate of drug-likeness (QED) is 0.747. The van der Waals surface area contributed by atoms with Gasteiger partial charge in [-0.1, -0.05) is 0 Å². The number of hydrogen-bond donors (Lipinski definition) is 1. The molecule has 0 atom stereocenters. The zero-order valence-corrected chi connectivity index (χ0v) is 10.1. The van der Waals surface area contributed by atoms with Gasteiger partial charge < -0.3 is 9.80 Å². The summed E-state index contributed by atoms with van der Waals surface area (Å²) in [5.74, 6) is -0.142. The van der Waals surface area contributed by atoms with E-state index < -0.39 is 0 Å². The molecule has 0 aliphatic carbocycles. The topological polar surface area (TPSA) is 69.3 Å². The lowest BCUT2D eigenvalue weighted by molar-refractivity contribution is -0.129. The Hall–Kier alpha value is -1.85. The molecule has 1 aromatic heterocycles. The van der Waals surface area contributed by atoms with Crippen LogP contribution in [0.4, 0.5) is 0 Å². The van der Waals surface area contributed by atoms with Crippen LogP contribution in [0.1, 0.15) is 22.5 Å². The highest BCUT2D eigenvalue weighted by molar-refractivity contribution is 5.97. The highest BCUT2D eigenvalue weighted by atomic mass is 16.2. The molecule has 1 N–H and O–H groups in total. The van der Waals surface area contributed by atoms with Crippen LogP contribution in [0, 0.1) is 6.92 Å². The Morgan fingerprint density at radius 1 is 1.47 bits per heavy atom. The average molecular weight is 236 g/mol. The van der Waals surface area contributed by atoms with Gasteiger partial charge in [0.15, 0.2) is 0 Å². The third-order valence-corrected chi connectivity index (χ3v) is 3.02. The first kappa shape index (κ1) is 11.6. The molecule has 1 aliphatic rings. The van der Waals surface area contributed by atoms with Crippen LogP contribution in [-0.4, -0.2) is 58.5 Å². The molecular weight excluding hydrogens is 220 g/mol. The summed E-state index contributed by atoms with van der Waals surface area (Å²) in [6.45, 7) is 3.26. The normalized spacial score (nSPS) is 17.2. The van der Waals surface area contributed by atoms with Crippen LogP contribution in [0.5, 0.6) is 0 Å². The highest BCUT2D eigenvalue weighted by Gasteiger charge is 2.25. The van der Waals surface area contributed by atoms with E-state index in [-0.39, 0.29) is 18.4 Å². The van der Waals surface area contributed by atoms with Crippen molar-refractivity contribution in [2.45, 2.75) is 13.3 Å². The number of aromatic nitrogens is 2. The Morgan fingerprint density at radius 2 is 2.24 bits per heavy atom. The minimum atomic E-state index is -0.125. The van der Waals surface area contributed by atoms with Crippen LogP contribution < -0.4 is 0 Å². The Kier molecular flexibility index (Phi) is 3.12. The lowest BCUT2D eigenvalue weighted by atomic mass is 10.2. The summed E-state index contributed by atoms with van der Waals surface area (Å²) in [5.41, 5.74) is 1.28. The molecule has 0 spiro atoms. The van der Waals surface area contributed by atoms with Gasteiger partial charge in [-0.05, 0) is 13.3 Å². The van der Waals surface area contributed by atoms with Gasteiger partial charge in [-0.2, -0.15) is 5.10 Å². The van der Waals surface area contributed by atoms with Gasteiger partial charge in [0.25, 0.3) is 5.91 Å². The Morgan fingerprint density at radius 3 is 2.88 bits per heavy atom.